The Morgan fingerprint density at radius 2 is 1.70 bits per heavy atom. The van der Waals surface area contributed by atoms with E-state index in [2.05, 4.69) is 17.0 Å². The van der Waals surface area contributed by atoms with Crippen LogP contribution in [0.5, 0.6) is 11.5 Å². The maximum absolute atomic E-state index is 10.6. The lowest BCUT2D eigenvalue weighted by molar-refractivity contribution is -0.192. The van der Waals surface area contributed by atoms with Gasteiger partial charge in [0.2, 0.25) is 0 Å². The average molecular weight is 523 g/mol. The highest BCUT2D eigenvalue weighted by Gasteiger charge is 2.38. The van der Waals surface area contributed by atoms with Gasteiger partial charge < -0.3 is 19.5 Å². The van der Waals surface area contributed by atoms with Crippen molar-refractivity contribution >= 4 is 16.9 Å². The van der Waals surface area contributed by atoms with Crippen molar-refractivity contribution < 1.29 is 32.5 Å². The number of aliphatic carboxylic acids is 1. The van der Waals surface area contributed by atoms with Gasteiger partial charge in [-0.25, -0.2) is 4.79 Å². The highest BCUT2D eigenvalue weighted by molar-refractivity contribution is 5.87. The number of hydrogen-bond acceptors (Lipinski definition) is 5. The number of pyridine rings is 1. The molecule has 1 aromatic heterocycles. The normalized spacial score (nSPS) is 18.4. The van der Waals surface area contributed by atoms with E-state index >= 15 is 0 Å². The van der Waals surface area contributed by atoms with Gasteiger partial charge in [-0.15, -0.1) is 0 Å². The zero-order valence-electron chi connectivity index (χ0n) is 21.5. The van der Waals surface area contributed by atoms with Crippen molar-refractivity contribution in [2.45, 2.75) is 82.7 Å². The maximum atomic E-state index is 10.6. The predicted octanol–water partition coefficient (Wildman–Crippen LogP) is 6.28. The molecule has 0 amide bonds. The number of carboxylic acids is 1. The standard InChI is InChI=1S/C26H36N2O2.C2HF3O2/c1-29-24-17-22-20-11-7-12-21(20)26(19-9-3-2-4-10-19)27-23(22)18-25(24)30-16-8-15-28-13-5-6-14-28;3-2(4,5)1(6)7/h17-19H,2-16H2,1H3;(H,6,7). The van der Waals surface area contributed by atoms with E-state index in [9.17, 15) is 13.2 Å². The number of fused-ring (bicyclic) bond motifs is 3. The lowest BCUT2D eigenvalue weighted by Gasteiger charge is -2.24. The first-order valence-electron chi connectivity index (χ1n) is 13.5. The molecular weight excluding hydrogens is 485 g/mol. The van der Waals surface area contributed by atoms with E-state index in [0.29, 0.717) is 5.92 Å². The first kappa shape index (κ1) is 27.5. The van der Waals surface area contributed by atoms with Crippen LogP contribution < -0.4 is 9.47 Å². The third-order valence-electron chi connectivity index (χ3n) is 7.68. The van der Waals surface area contributed by atoms with E-state index in [1.807, 2.05) is 0 Å². The number of likely N-dealkylation sites (tertiary alicyclic amines) is 1. The first-order chi connectivity index (χ1) is 17.8. The molecule has 0 unspecified atom stereocenters. The van der Waals surface area contributed by atoms with Crippen molar-refractivity contribution in [1.29, 1.82) is 0 Å². The van der Waals surface area contributed by atoms with Crippen LogP contribution in [0.25, 0.3) is 10.9 Å². The first-order valence-corrected chi connectivity index (χ1v) is 13.5. The molecule has 0 spiro atoms. The monoisotopic (exact) mass is 522 g/mol. The SMILES string of the molecule is COc1cc2c3c(c(C4CCCCC4)nc2cc1OCCCN1CCCC1)CCC3.O=C(O)C(F)(F)F. The number of halogens is 3. The fourth-order valence-electron chi connectivity index (χ4n) is 5.87. The number of benzene rings is 1. The van der Waals surface area contributed by atoms with Crippen LogP contribution in [0.15, 0.2) is 12.1 Å². The molecule has 204 valence electrons. The van der Waals surface area contributed by atoms with Crippen molar-refractivity contribution in [3.8, 4) is 11.5 Å². The summed E-state index contributed by atoms with van der Waals surface area (Å²) in [6.07, 6.45) is 9.01. The van der Waals surface area contributed by atoms with Crippen LogP contribution in [0.3, 0.4) is 0 Å². The van der Waals surface area contributed by atoms with E-state index < -0.39 is 12.1 Å². The number of nitrogens with zero attached hydrogens (tertiary/aromatic N) is 2. The Labute approximate surface area is 216 Å². The lowest BCUT2D eigenvalue weighted by Crippen LogP contribution is -2.21. The van der Waals surface area contributed by atoms with Gasteiger partial charge in [-0.3, -0.25) is 4.98 Å². The molecule has 5 rings (SSSR count). The maximum Gasteiger partial charge on any atom is 0.490 e. The molecule has 37 heavy (non-hydrogen) atoms. The molecule has 0 radical (unpaired) electrons. The summed E-state index contributed by atoms with van der Waals surface area (Å²) in [7, 11) is 1.75. The summed E-state index contributed by atoms with van der Waals surface area (Å²) in [6.45, 7) is 4.36. The summed E-state index contributed by atoms with van der Waals surface area (Å²) >= 11 is 0. The Hall–Kier alpha value is -2.55. The topological polar surface area (TPSA) is 71.9 Å². The smallest absolute Gasteiger partial charge is 0.490 e. The van der Waals surface area contributed by atoms with E-state index in [0.717, 1.165) is 36.6 Å². The second-order valence-corrected chi connectivity index (χ2v) is 10.2. The van der Waals surface area contributed by atoms with Crippen molar-refractivity contribution in [3.63, 3.8) is 0 Å². The minimum Gasteiger partial charge on any atom is -0.493 e. The van der Waals surface area contributed by atoms with E-state index in [1.165, 1.54) is 93.9 Å². The third-order valence-corrected chi connectivity index (χ3v) is 7.68. The highest BCUT2D eigenvalue weighted by Crippen LogP contribution is 2.42. The van der Waals surface area contributed by atoms with Crippen LogP contribution in [0, 0.1) is 0 Å². The highest BCUT2D eigenvalue weighted by atomic mass is 19.4. The Kier molecular flexibility index (Phi) is 9.16. The number of carbonyl (C=O) groups is 1. The summed E-state index contributed by atoms with van der Waals surface area (Å²) in [5.41, 5.74) is 5.58. The Morgan fingerprint density at radius 1 is 1.03 bits per heavy atom. The Bertz CT molecular complexity index is 1080. The molecule has 0 atom stereocenters. The summed E-state index contributed by atoms with van der Waals surface area (Å²) in [5, 5.41) is 8.41. The van der Waals surface area contributed by atoms with E-state index in [4.69, 9.17) is 24.4 Å². The summed E-state index contributed by atoms with van der Waals surface area (Å²) in [5.74, 6) is -0.397. The Balaban J connectivity index is 0.000000405. The summed E-state index contributed by atoms with van der Waals surface area (Å²) < 4.78 is 43.7. The predicted molar refractivity (Wildman–Crippen MR) is 136 cm³/mol. The fourth-order valence-corrected chi connectivity index (χ4v) is 5.87. The van der Waals surface area contributed by atoms with Crippen molar-refractivity contribution in [3.05, 3.63) is 29.0 Å². The quantitative estimate of drug-likeness (QED) is 0.432. The van der Waals surface area contributed by atoms with Crippen LogP contribution >= 0.6 is 0 Å². The van der Waals surface area contributed by atoms with Gasteiger partial charge in [0, 0.05) is 29.6 Å². The van der Waals surface area contributed by atoms with Crippen molar-refractivity contribution in [1.82, 2.24) is 9.88 Å². The molecule has 1 aromatic carbocycles. The zero-order chi connectivity index (χ0) is 26.4. The van der Waals surface area contributed by atoms with Crippen LogP contribution in [-0.4, -0.2) is 60.5 Å². The molecule has 3 aliphatic rings. The number of ether oxygens (including phenoxy) is 2. The van der Waals surface area contributed by atoms with Gasteiger partial charge in [0.25, 0.3) is 0 Å². The second-order valence-electron chi connectivity index (χ2n) is 10.2. The molecule has 1 aliphatic heterocycles. The molecule has 1 N–H and O–H groups in total. The average Bonchev–Trinajstić information content (AvgIpc) is 3.58. The van der Waals surface area contributed by atoms with Crippen molar-refractivity contribution in [2.24, 2.45) is 0 Å². The third kappa shape index (κ3) is 6.86. The zero-order valence-corrected chi connectivity index (χ0v) is 21.5. The molecule has 2 aliphatic carbocycles. The number of aryl methyl sites for hydroxylation is 1. The molecule has 2 heterocycles. The minimum absolute atomic E-state index is 0.655. The van der Waals surface area contributed by atoms with Gasteiger partial charge in [-0.05, 0) is 81.6 Å². The Morgan fingerprint density at radius 3 is 2.35 bits per heavy atom. The van der Waals surface area contributed by atoms with E-state index in [-0.39, 0.29) is 0 Å². The summed E-state index contributed by atoms with van der Waals surface area (Å²) in [6, 6.07) is 4.34. The molecule has 1 saturated heterocycles. The molecule has 9 heteroatoms. The molecule has 6 nitrogen and oxygen atoms in total. The van der Waals surface area contributed by atoms with Gasteiger partial charge in [-0.1, -0.05) is 19.3 Å². The minimum atomic E-state index is -5.08. The number of rotatable bonds is 7. The summed E-state index contributed by atoms with van der Waals surface area (Å²) in [4.78, 5) is 16.7. The van der Waals surface area contributed by atoms with Gasteiger partial charge in [0.05, 0.1) is 19.2 Å². The van der Waals surface area contributed by atoms with Gasteiger partial charge in [-0.2, -0.15) is 13.2 Å². The molecule has 2 aromatic rings. The molecular formula is C28H37F3N2O4. The van der Waals surface area contributed by atoms with E-state index in [1.54, 1.807) is 12.7 Å². The molecule has 1 saturated carbocycles. The number of alkyl halides is 3. The van der Waals surface area contributed by atoms with Gasteiger partial charge >= 0.3 is 12.1 Å². The second kappa shape index (κ2) is 12.3. The number of hydrogen-bond donors (Lipinski definition) is 1. The van der Waals surface area contributed by atoms with Crippen LogP contribution in [0.2, 0.25) is 0 Å². The fraction of sp³-hybridized carbons (Fsp3) is 0.643. The molecule has 0 bridgehead atoms. The molecule has 2 fully saturated rings. The largest absolute Gasteiger partial charge is 0.493 e. The number of carboxylic acid groups (broad SMARTS) is 1. The van der Waals surface area contributed by atoms with Gasteiger partial charge in [0.1, 0.15) is 0 Å². The number of methoxy groups -OCH3 is 1. The van der Waals surface area contributed by atoms with Crippen LogP contribution in [0.4, 0.5) is 13.2 Å². The van der Waals surface area contributed by atoms with Crippen molar-refractivity contribution in [2.75, 3.05) is 33.4 Å². The van der Waals surface area contributed by atoms with Gasteiger partial charge in [0.15, 0.2) is 11.5 Å². The van der Waals surface area contributed by atoms with Crippen LogP contribution in [-0.2, 0) is 17.6 Å². The lowest BCUT2D eigenvalue weighted by atomic mass is 9.84. The van der Waals surface area contributed by atoms with Crippen LogP contribution in [0.1, 0.15) is 80.5 Å². The number of aromatic nitrogens is 1.